The summed E-state index contributed by atoms with van der Waals surface area (Å²) < 4.78 is 10.7. The van der Waals surface area contributed by atoms with Crippen molar-refractivity contribution in [3.8, 4) is 0 Å². The number of hydrogen-bond donors (Lipinski definition) is 0. The zero-order valence-corrected chi connectivity index (χ0v) is 14.8. The molecule has 2 rings (SSSR count). The Bertz CT molecular complexity index is 550. The van der Waals surface area contributed by atoms with E-state index in [9.17, 15) is 9.59 Å². The van der Waals surface area contributed by atoms with Gasteiger partial charge in [0, 0.05) is 13.1 Å². The Morgan fingerprint density at radius 2 is 1.92 bits per heavy atom. The Kier molecular flexibility index (Phi) is 6.23. The van der Waals surface area contributed by atoms with E-state index >= 15 is 0 Å². The molecule has 1 fully saturated rings. The summed E-state index contributed by atoms with van der Waals surface area (Å²) in [5.74, 6) is -0.0649. The number of piperidine rings is 1. The molecule has 132 valence electrons. The van der Waals surface area contributed by atoms with E-state index in [0.29, 0.717) is 19.5 Å². The van der Waals surface area contributed by atoms with Crippen LogP contribution >= 0.6 is 0 Å². The molecule has 1 heterocycles. The average Bonchev–Trinajstić information content (AvgIpc) is 2.52. The van der Waals surface area contributed by atoms with Crippen LogP contribution in [0.3, 0.4) is 0 Å². The van der Waals surface area contributed by atoms with Gasteiger partial charge >= 0.3 is 12.1 Å². The number of ether oxygens (including phenoxy) is 2. The highest BCUT2D eigenvalue weighted by atomic mass is 16.6. The SMILES string of the molecule is CC(C)(C)OC(=O)C[C@@H]1CCCN(C(=O)OCc2ccccc2)C1. The normalized spacial score (nSPS) is 18.1. The van der Waals surface area contributed by atoms with E-state index in [0.717, 1.165) is 18.4 Å². The van der Waals surface area contributed by atoms with E-state index in [1.165, 1.54) is 0 Å². The minimum absolute atomic E-state index is 0.137. The highest BCUT2D eigenvalue weighted by molar-refractivity contribution is 5.71. The molecule has 5 nitrogen and oxygen atoms in total. The van der Waals surface area contributed by atoms with Crippen LogP contribution in [-0.4, -0.2) is 35.7 Å². The third-order valence-electron chi connectivity index (χ3n) is 3.86. The monoisotopic (exact) mass is 333 g/mol. The van der Waals surface area contributed by atoms with Crippen molar-refractivity contribution in [2.24, 2.45) is 5.92 Å². The van der Waals surface area contributed by atoms with Crippen LogP contribution in [0.1, 0.15) is 45.6 Å². The maximum atomic E-state index is 12.2. The van der Waals surface area contributed by atoms with Crippen molar-refractivity contribution in [3.05, 3.63) is 35.9 Å². The van der Waals surface area contributed by atoms with Crippen LogP contribution in [0.15, 0.2) is 30.3 Å². The number of carbonyl (C=O) groups is 2. The zero-order valence-electron chi connectivity index (χ0n) is 14.8. The number of amides is 1. The molecule has 1 aliphatic rings. The number of esters is 1. The largest absolute Gasteiger partial charge is 0.460 e. The minimum atomic E-state index is -0.472. The molecule has 0 aliphatic carbocycles. The first kappa shape index (κ1) is 18.3. The maximum absolute atomic E-state index is 12.2. The first-order valence-electron chi connectivity index (χ1n) is 8.51. The molecule has 0 spiro atoms. The highest BCUT2D eigenvalue weighted by Gasteiger charge is 2.28. The third-order valence-corrected chi connectivity index (χ3v) is 3.86. The van der Waals surface area contributed by atoms with E-state index in [2.05, 4.69) is 0 Å². The van der Waals surface area contributed by atoms with Crippen molar-refractivity contribution in [1.29, 1.82) is 0 Å². The third kappa shape index (κ3) is 6.22. The minimum Gasteiger partial charge on any atom is -0.460 e. The number of rotatable bonds is 4. The van der Waals surface area contributed by atoms with E-state index < -0.39 is 5.60 Å². The van der Waals surface area contributed by atoms with Crippen LogP contribution in [0, 0.1) is 5.92 Å². The van der Waals surface area contributed by atoms with Gasteiger partial charge in [-0.25, -0.2) is 4.79 Å². The molecule has 5 heteroatoms. The molecule has 0 aromatic heterocycles. The van der Waals surface area contributed by atoms with Crippen molar-refractivity contribution in [2.75, 3.05) is 13.1 Å². The lowest BCUT2D eigenvalue weighted by Gasteiger charge is -2.32. The van der Waals surface area contributed by atoms with Crippen LogP contribution in [-0.2, 0) is 20.9 Å². The van der Waals surface area contributed by atoms with Gasteiger partial charge in [-0.3, -0.25) is 4.79 Å². The van der Waals surface area contributed by atoms with Crippen molar-refractivity contribution in [3.63, 3.8) is 0 Å². The zero-order chi connectivity index (χ0) is 17.6. The quantitative estimate of drug-likeness (QED) is 0.787. The van der Waals surface area contributed by atoms with Gasteiger partial charge in [0.1, 0.15) is 12.2 Å². The fourth-order valence-electron chi connectivity index (χ4n) is 2.83. The van der Waals surface area contributed by atoms with E-state index in [4.69, 9.17) is 9.47 Å². The molecule has 0 bridgehead atoms. The molecule has 24 heavy (non-hydrogen) atoms. The molecule has 1 aliphatic heterocycles. The van der Waals surface area contributed by atoms with Gasteiger partial charge in [-0.05, 0) is 45.1 Å². The second-order valence-electron chi connectivity index (χ2n) is 7.29. The fourth-order valence-corrected chi connectivity index (χ4v) is 2.83. The summed E-state index contributed by atoms with van der Waals surface area (Å²) in [6, 6.07) is 9.61. The Morgan fingerprint density at radius 1 is 1.21 bits per heavy atom. The predicted octanol–water partition coefficient (Wildman–Crippen LogP) is 3.77. The number of nitrogens with zero attached hydrogens (tertiary/aromatic N) is 1. The summed E-state index contributed by atoms with van der Waals surface area (Å²) >= 11 is 0. The Hall–Kier alpha value is -2.04. The summed E-state index contributed by atoms with van der Waals surface area (Å²) in [7, 11) is 0. The standard InChI is InChI=1S/C19H27NO4/c1-19(2,3)24-17(21)12-16-10-7-11-20(13-16)18(22)23-14-15-8-5-4-6-9-15/h4-6,8-9,16H,7,10-14H2,1-3H3/t16-/m0/s1. The number of hydrogen-bond acceptors (Lipinski definition) is 4. The molecule has 1 amide bonds. The topological polar surface area (TPSA) is 55.8 Å². The average molecular weight is 333 g/mol. The van der Waals surface area contributed by atoms with Crippen LogP contribution in [0.25, 0.3) is 0 Å². The summed E-state index contributed by atoms with van der Waals surface area (Å²) in [4.78, 5) is 25.9. The van der Waals surface area contributed by atoms with Gasteiger partial charge in [-0.2, -0.15) is 0 Å². The van der Waals surface area contributed by atoms with Gasteiger partial charge in [0.2, 0.25) is 0 Å². The van der Waals surface area contributed by atoms with E-state index in [-0.39, 0.29) is 24.6 Å². The van der Waals surface area contributed by atoms with E-state index in [1.807, 2.05) is 51.1 Å². The molecule has 1 aromatic carbocycles. The van der Waals surface area contributed by atoms with Crippen LogP contribution < -0.4 is 0 Å². The lowest BCUT2D eigenvalue weighted by Crippen LogP contribution is -2.41. The lowest BCUT2D eigenvalue weighted by atomic mass is 9.95. The molecule has 1 saturated heterocycles. The van der Waals surface area contributed by atoms with Crippen molar-refractivity contribution < 1.29 is 19.1 Å². The molecular weight excluding hydrogens is 306 g/mol. The molecule has 1 atom stereocenters. The Balaban J connectivity index is 1.79. The fraction of sp³-hybridized carbons (Fsp3) is 0.579. The lowest BCUT2D eigenvalue weighted by molar-refractivity contribution is -0.156. The van der Waals surface area contributed by atoms with Crippen molar-refractivity contribution in [2.45, 2.75) is 52.2 Å². The Morgan fingerprint density at radius 3 is 2.58 bits per heavy atom. The summed E-state index contributed by atoms with van der Waals surface area (Å²) in [5.41, 5.74) is 0.494. The molecular formula is C19H27NO4. The predicted molar refractivity (Wildman–Crippen MR) is 91.4 cm³/mol. The number of benzene rings is 1. The number of carbonyl (C=O) groups excluding carboxylic acids is 2. The molecule has 1 aromatic rings. The van der Waals surface area contributed by atoms with Gasteiger partial charge < -0.3 is 14.4 Å². The van der Waals surface area contributed by atoms with Crippen LogP contribution in [0.2, 0.25) is 0 Å². The van der Waals surface area contributed by atoms with Gasteiger partial charge in [-0.15, -0.1) is 0 Å². The van der Waals surface area contributed by atoms with Crippen LogP contribution in [0.4, 0.5) is 4.79 Å². The van der Waals surface area contributed by atoms with Gasteiger partial charge in [0.25, 0.3) is 0 Å². The second kappa shape index (κ2) is 8.18. The second-order valence-corrected chi connectivity index (χ2v) is 7.29. The maximum Gasteiger partial charge on any atom is 0.410 e. The van der Waals surface area contributed by atoms with Gasteiger partial charge in [0.05, 0.1) is 6.42 Å². The molecule has 0 unspecified atom stereocenters. The smallest absolute Gasteiger partial charge is 0.410 e. The number of likely N-dealkylation sites (tertiary alicyclic amines) is 1. The molecule has 0 radical (unpaired) electrons. The van der Waals surface area contributed by atoms with Crippen molar-refractivity contribution >= 4 is 12.1 Å². The molecule has 0 saturated carbocycles. The summed E-state index contributed by atoms with van der Waals surface area (Å²) in [6.45, 7) is 7.08. The van der Waals surface area contributed by atoms with Gasteiger partial charge in [-0.1, -0.05) is 30.3 Å². The van der Waals surface area contributed by atoms with E-state index in [1.54, 1.807) is 4.90 Å². The first-order chi connectivity index (χ1) is 11.3. The van der Waals surface area contributed by atoms with Crippen molar-refractivity contribution in [1.82, 2.24) is 4.90 Å². The molecule has 0 N–H and O–H groups in total. The highest BCUT2D eigenvalue weighted by Crippen LogP contribution is 2.22. The van der Waals surface area contributed by atoms with Gasteiger partial charge in [0.15, 0.2) is 0 Å². The summed E-state index contributed by atoms with van der Waals surface area (Å²) in [5, 5.41) is 0. The first-order valence-corrected chi connectivity index (χ1v) is 8.51. The Labute approximate surface area is 143 Å². The summed E-state index contributed by atoms with van der Waals surface area (Å²) in [6.07, 6.45) is 1.85. The van der Waals surface area contributed by atoms with Crippen LogP contribution in [0.5, 0.6) is 0 Å².